The molecule has 0 spiro atoms. The first-order valence-electron chi connectivity index (χ1n) is 18.5. The molecule has 80 heavy (non-hydrogen) atoms. The van der Waals surface area contributed by atoms with E-state index in [2.05, 4.69) is 14.2 Å². The SMILES string of the molecule is Nc1ccc(-c2ccc(N)cc2OC(F)(F)C(F)(F)C(=O)C(F)(F)C(F)(F)C(F)(F)F)c(OC(F)(F)C(F)(F)C(=O)C(F)(F)C(F)(F)C(F)(F)F)c1.O=C(C(F)(F)C(F)(F)Oc1cccc([N+](=O)[O-])c1)C(F)(F)C(F)(F)C(F)(F)F. The number of nitro groups is 1. The molecular weight excluding hydrogens is 1230 g/mol. The molecule has 0 aromatic heterocycles. The molecule has 3 rings (SSSR count). The molecule has 44 heteroatoms. The van der Waals surface area contributed by atoms with Gasteiger partial charge in [-0.3, -0.25) is 24.5 Å². The zero-order valence-electron chi connectivity index (χ0n) is 36.1. The molecular formula is C36H14F33N3O8. The second kappa shape index (κ2) is 20.7. The zero-order chi connectivity index (χ0) is 63.6. The Labute approximate surface area is 414 Å². The second-order valence-corrected chi connectivity index (χ2v) is 14.8. The Morgan fingerprint density at radius 2 is 0.637 bits per heavy atom. The lowest BCUT2D eigenvalue weighted by Crippen LogP contribution is -2.64. The Bertz CT molecular complexity index is 2700. The normalized spacial score (nSPS) is 14.4. The van der Waals surface area contributed by atoms with Crippen LogP contribution in [0.1, 0.15) is 0 Å². The summed E-state index contributed by atoms with van der Waals surface area (Å²) in [7, 11) is 0. The highest BCUT2D eigenvalue weighted by Crippen LogP contribution is 2.56. The minimum Gasteiger partial charge on any atom is -0.427 e. The van der Waals surface area contributed by atoms with E-state index in [-0.39, 0.29) is 30.3 Å². The van der Waals surface area contributed by atoms with Crippen molar-refractivity contribution in [1.82, 2.24) is 0 Å². The van der Waals surface area contributed by atoms with Crippen LogP contribution in [0.5, 0.6) is 17.2 Å². The molecule has 3 aromatic rings. The van der Waals surface area contributed by atoms with Crippen molar-refractivity contribution in [3.63, 3.8) is 0 Å². The third kappa shape index (κ3) is 12.1. The summed E-state index contributed by atoms with van der Waals surface area (Å²) in [4.78, 5) is 42.8. The van der Waals surface area contributed by atoms with Crippen molar-refractivity contribution in [3.8, 4) is 28.4 Å². The quantitative estimate of drug-likeness (QED) is 0.0480. The van der Waals surface area contributed by atoms with Crippen LogP contribution in [0.4, 0.5) is 162 Å². The molecule has 0 fully saturated rings. The fraction of sp³-hybridized carbons (Fsp3) is 0.417. The lowest BCUT2D eigenvalue weighted by Gasteiger charge is -2.32. The fourth-order valence-electron chi connectivity index (χ4n) is 4.92. The maximum Gasteiger partial charge on any atom is 0.472 e. The van der Waals surface area contributed by atoms with Crippen LogP contribution in [0, 0.1) is 10.1 Å². The molecule has 0 bridgehead atoms. The summed E-state index contributed by atoms with van der Waals surface area (Å²) in [5.74, 6) is -88.0. The van der Waals surface area contributed by atoms with E-state index < -0.39 is 158 Å². The number of hydrogen-bond donors (Lipinski definition) is 2. The molecule has 0 heterocycles. The maximum atomic E-state index is 14.5. The van der Waals surface area contributed by atoms with Crippen LogP contribution >= 0.6 is 0 Å². The van der Waals surface area contributed by atoms with Crippen LogP contribution < -0.4 is 25.7 Å². The number of nitro benzene ring substituents is 1. The van der Waals surface area contributed by atoms with Crippen LogP contribution in [0.3, 0.4) is 0 Å². The number of benzene rings is 3. The number of halogens is 33. The van der Waals surface area contributed by atoms with Gasteiger partial charge >= 0.3 is 90.2 Å². The summed E-state index contributed by atoms with van der Waals surface area (Å²) in [6.45, 7) is 0. The van der Waals surface area contributed by atoms with Crippen molar-refractivity contribution in [2.24, 2.45) is 0 Å². The molecule has 0 aliphatic heterocycles. The first-order chi connectivity index (χ1) is 35.0. The standard InChI is InChI=1S/C24H10F22N2O4.C12H4F11NO4/c25-15(26,19(33,34)21(37,38)39)13(49)17(29,30)23(43,44)51-11-5-7(47)1-3-9(11)10-4-2-8(48)6-12(10)52-24(45,46)18(31,32)14(50)16(27,28)20(35,36)22(40,41)42;13-8(14,10(17,18)11(19,20)21)7(25)9(15,16)12(22,23)28-6-3-1-2-5(4-6)24(26)27/h1-6H,47-48H2;1-4H. The fourth-order valence-corrected chi connectivity index (χ4v) is 4.92. The van der Waals surface area contributed by atoms with Crippen molar-refractivity contribution >= 4 is 34.4 Å². The van der Waals surface area contributed by atoms with E-state index in [0.29, 0.717) is 30.3 Å². The highest BCUT2D eigenvalue weighted by atomic mass is 19.4. The average molecular weight is 1240 g/mol. The lowest BCUT2D eigenvalue weighted by molar-refractivity contribution is -0.385. The molecule has 0 amide bonds. The van der Waals surface area contributed by atoms with E-state index in [1.165, 1.54) is 0 Å². The summed E-state index contributed by atoms with van der Waals surface area (Å²) in [6.07, 6.45) is -42.6. The Balaban J connectivity index is 0.000000656. The molecule has 0 aliphatic rings. The third-order valence-corrected chi connectivity index (χ3v) is 9.11. The van der Waals surface area contributed by atoms with Crippen molar-refractivity contribution in [3.05, 3.63) is 70.8 Å². The summed E-state index contributed by atoms with van der Waals surface area (Å²) in [6, 6.07) is 2.50. The van der Waals surface area contributed by atoms with Gasteiger partial charge in [-0.15, -0.1) is 0 Å². The molecule has 0 unspecified atom stereocenters. The van der Waals surface area contributed by atoms with Crippen molar-refractivity contribution in [2.45, 2.75) is 90.2 Å². The van der Waals surface area contributed by atoms with Gasteiger partial charge in [0, 0.05) is 40.7 Å². The Morgan fingerprint density at radius 3 is 0.887 bits per heavy atom. The number of nitrogens with two attached hydrogens (primary N) is 2. The van der Waals surface area contributed by atoms with Gasteiger partial charge < -0.3 is 25.7 Å². The number of hydrogen-bond acceptors (Lipinski definition) is 10. The molecule has 11 nitrogen and oxygen atoms in total. The Hall–Kier alpha value is -7.24. The number of nitrogens with zero attached hydrogens (tertiary/aromatic N) is 1. The van der Waals surface area contributed by atoms with Gasteiger partial charge in [0.05, 0.1) is 11.0 Å². The average Bonchev–Trinajstić information content (AvgIpc) is 3.26. The maximum absolute atomic E-state index is 14.5. The van der Waals surface area contributed by atoms with Gasteiger partial charge in [-0.05, 0) is 30.3 Å². The summed E-state index contributed by atoms with van der Waals surface area (Å²) in [5.41, 5.74) is 4.21. The van der Waals surface area contributed by atoms with Gasteiger partial charge in [0.15, 0.2) is 0 Å². The molecule has 0 aliphatic carbocycles. The van der Waals surface area contributed by atoms with Gasteiger partial charge in [-0.1, -0.05) is 6.07 Å². The molecule has 0 radical (unpaired) electrons. The summed E-state index contributed by atoms with van der Waals surface area (Å²) >= 11 is 0. The highest BCUT2D eigenvalue weighted by molar-refractivity contribution is 5.95. The van der Waals surface area contributed by atoms with Crippen molar-refractivity contribution in [2.75, 3.05) is 11.5 Å². The third-order valence-electron chi connectivity index (χ3n) is 9.11. The van der Waals surface area contributed by atoms with Crippen LogP contribution in [0.25, 0.3) is 11.1 Å². The first kappa shape index (κ1) is 68.9. The molecule has 0 saturated heterocycles. The number of carbonyl (C=O) groups is 3. The minimum absolute atomic E-state index is 0.0664. The molecule has 0 saturated carbocycles. The molecule has 3 aromatic carbocycles. The van der Waals surface area contributed by atoms with Gasteiger partial charge in [-0.2, -0.15) is 145 Å². The summed E-state index contributed by atoms with van der Waals surface area (Å²) < 4.78 is 447. The number of Topliss-reactive ketones (excluding diaryl/α,β-unsaturated/α-hetero) is 3. The van der Waals surface area contributed by atoms with Crippen molar-refractivity contribution < 1.29 is 178 Å². The molecule has 452 valence electrons. The van der Waals surface area contributed by atoms with Crippen molar-refractivity contribution in [1.29, 1.82) is 0 Å². The van der Waals surface area contributed by atoms with E-state index in [4.69, 9.17) is 11.5 Å². The van der Waals surface area contributed by atoms with Crippen LogP contribution in [-0.2, 0) is 14.4 Å². The topological polar surface area (TPSA) is 174 Å². The van der Waals surface area contributed by atoms with Gasteiger partial charge in [0.25, 0.3) is 23.0 Å². The van der Waals surface area contributed by atoms with E-state index in [0.717, 1.165) is 0 Å². The van der Waals surface area contributed by atoms with Gasteiger partial charge in [0.1, 0.15) is 17.2 Å². The van der Waals surface area contributed by atoms with E-state index >= 15 is 0 Å². The Morgan fingerprint density at radius 1 is 0.375 bits per heavy atom. The number of ether oxygens (including phenoxy) is 3. The Kier molecular flexibility index (Phi) is 17.8. The zero-order valence-corrected chi connectivity index (χ0v) is 36.1. The lowest BCUT2D eigenvalue weighted by atomic mass is 9.99. The number of carbonyl (C=O) groups excluding carboxylic acids is 3. The number of non-ortho nitro benzene ring substituents is 1. The number of nitrogen functional groups attached to an aromatic ring is 2. The van der Waals surface area contributed by atoms with Crippen LogP contribution in [0.15, 0.2) is 60.7 Å². The number of anilines is 2. The number of ketones is 3. The van der Waals surface area contributed by atoms with Crippen LogP contribution in [-0.4, -0.2) is 112 Å². The largest absolute Gasteiger partial charge is 0.472 e. The predicted octanol–water partition coefficient (Wildman–Crippen LogP) is 13.1. The monoisotopic (exact) mass is 1240 g/mol. The predicted molar refractivity (Wildman–Crippen MR) is 188 cm³/mol. The highest BCUT2D eigenvalue weighted by Gasteiger charge is 2.85. The van der Waals surface area contributed by atoms with E-state index in [1.807, 2.05) is 0 Å². The summed E-state index contributed by atoms with van der Waals surface area (Å²) in [5, 5.41) is 10.4. The van der Waals surface area contributed by atoms with Gasteiger partial charge in [-0.25, -0.2) is 0 Å². The number of alkyl halides is 33. The second-order valence-electron chi connectivity index (χ2n) is 14.8. The van der Waals surface area contributed by atoms with E-state index in [1.54, 1.807) is 0 Å². The van der Waals surface area contributed by atoms with Crippen LogP contribution in [0.2, 0.25) is 0 Å². The van der Waals surface area contributed by atoms with Gasteiger partial charge in [0.2, 0.25) is 0 Å². The van der Waals surface area contributed by atoms with E-state index in [9.17, 15) is 169 Å². The first-order valence-corrected chi connectivity index (χ1v) is 18.5. The molecule has 4 N–H and O–H groups in total. The minimum atomic E-state index is -7.74. The smallest absolute Gasteiger partial charge is 0.427 e. The molecule has 0 atom stereocenters. The number of rotatable bonds is 20.